The molecule has 3 aromatic rings. The van der Waals surface area contributed by atoms with Crippen molar-refractivity contribution in [3.8, 4) is 22.6 Å². The van der Waals surface area contributed by atoms with Gasteiger partial charge in [0.05, 0.1) is 6.20 Å². The van der Waals surface area contributed by atoms with Crippen LogP contribution in [-0.2, 0) is 6.54 Å². The average molecular weight is 529 g/mol. The lowest BCUT2D eigenvalue weighted by Crippen LogP contribution is -2.46. The van der Waals surface area contributed by atoms with Crippen LogP contribution in [0.1, 0.15) is 29.8 Å². The van der Waals surface area contributed by atoms with Gasteiger partial charge in [0.25, 0.3) is 5.91 Å². The molecule has 7 nitrogen and oxygen atoms in total. The predicted molar refractivity (Wildman–Crippen MR) is 139 cm³/mol. The Morgan fingerprint density at radius 1 is 0.974 bits per heavy atom. The number of pyridine rings is 1. The number of nitrogens with zero attached hydrogens (tertiary/aromatic N) is 4. The van der Waals surface area contributed by atoms with Gasteiger partial charge < -0.3 is 19.6 Å². The van der Waals surface area contributed by atoms with Crippen LogP contribution in [0.2, 0.25) is 0 Å². The van der Waals surface area contributed by atoms with Gasteiger partial charge in [-0.05, 0) is 73.5 Å². The summed E-state index contributed by atoms with van der Waals surface area (Å²) >= 11 is 0. The van der Waals surface area contributed by atoms with Gasteiger partial charge in [0.15, 0.2) is 0 Å². The summed E-state index contributed by atoms with van der Waals surface area (Å²) in [5.74, 6) is -0.372. The number of carbonyl (C=O) groups excluding carboxylic acids is 1. The molecule has 0 radical (unpaired) electrons. The molecule has 0 unspecified atom stereocenters. The van der Waals surface area contributed by atoms with Crippen LogP contribution in [0.3, 0.4) is 0 Å². The van der Waals surface area contributed by atoms with Crippen molar-refractivity contribution in [3.05, 3.63) is 72.1 Å². The number of anilines is 1. The van der Waals surface area contributed by atoms with Crippen LogP contribution < -0.4 is 9.64 Å². The third kappa shape index (κ3) is 6.95. The lowest BCUT2D eigenvalue weighted by molar-refractivity contribution is -0.274. The van der Waals surface area contributed by atoms with Crippen molar-refractivity contribution in [3.63, 3.8) is 0 Å². The van der Waals surface area contributed by atoms with Crippen molar-refractivity contribution < 1.29 is 27.8 Å². The van der Waals surface area contributed by atoms with Crippen LogP contribution in [0.5, 0.6) is 11.5 Å². The number of piperazine rings is 1. The smallest absolute Gasteiger partial charge is 0.506 e. The number of carbonyl (C=O) groups is 1. The first-order valence-electron chi connectivity index (χ1n) is 12.6. The van der Waals surface area contributed by atoms with Gasteiger partial charge in [-0.1, -0.05) is 0 Å². The van der Waals surface area contributed by atoms with E-state index in [2.05, 4.69) is 19.5 Å². The SMILES string of the molecule is CCN(CC)C(=O)c1ccc(N2CCN(Cc3cc(OC(F)(F)F)cc(-c4cncc(O)c4)c3)CC2)cc1. The number of ether oxygens (including phenoxy) is 1. The standard InChI is InChI=1S/C28H31F3N4O3/c1-3-34(4-2)27(37)21-5-7-24(8-6-21)35-11-9-33(10-12-35)19-20-13-22(23-15-25(36)18-32-17-23)16-26(14-20)38-28(29,30)31/h5-8,13-18,36H,3-4,9-12,19H2,1-2H3. The van der Waals surface area contributed by atoms with E-state index in [4.69, 9.17) is 0 Å². The Hall–Kier alpha value is -3.79. The van der Waals surface area contributed by atoms with Gasteiger partial charge in [0.2, 0.25) is 0 Å². The fourth-order valence-corrected chi connectivity index (χ4v) is 4.63. The quantitative estimate of drug-likeness (QED) is 0.436. The Morgan fingerprint density at radius 2 is 1.66 bits per heavy atom. The van der Waals surface area contributed by atoms with Gasteiger partial charge in [-0.2, -0.15) is 0 Å². The molecule has 10 heteroatoms. The van der Waals surface area contributed by atoms with Crippen molar-refractivity contribution in [1.29, 1.82) is 0 Å². The summed E-state index contributed by atoms with van der Waals surface area (Å²) < 4.78 is 43.1. The Labute approximate surface area is 220 Å². The summed E-state index contributed by atoms with van der Waals surface area (Å²) in [4.78, 5) is 22.7. The minimum absolute atomic E-state index is 0.0176. The number of aromatic nitrogens is 1. The Kier molecular flexibility index (Phi) is 8.41. The minimum atomic E-state index is -4.82. The largest absolute Gasteiger partial charge is 0.573 e. The maximum absolute atomic E-state index is 13.0. The summed E-state index contributed by atoms with van der Waals surface area (Å²) in [5, 5.41) is 9.76. The zero-order valence-corrected chi connectivity index (χ0v) is 21.4. The third-order valence-electron chi connectivity index (χ3n) is 6.57. The number of amides is 1. The van der Waals surface area contributed by atoms with E-state index in [1.165, 1.54) is 30.6 Å². The Bertz CT molecular complexity index is 1240. The van der Waals surface area contributed by atoms with Gasteiger partial charge >= 0.3 is 6.36 Å². The van der Waals surface area contributed by atoms with Crippen LogP contribution in [0.25, 0.3) is 11.1 Å². The lowest BCUT2D eigenvalue weighted by Gasteiger charge is -2.36. The summed E-state index contributed by atoms with van der Waals surface area (Å²) in [7, 11) is 0. The van der Waals surface area contributed by atoms with E-state index in [9.17, 15) is 23.1 Å². The van der Waals surface area contributed by atoms with Crippen LogP contribution in [0.4, 0.5) is 18.9 Å². The highest BCUT2D eigenvalue weighted by Gasteiger charge is 2.31. The molecule has 1 aromatic heterocycles. The summed E-state index contributed by atoms with van der Waals surface area (Å²) in [5.41, 5.74) is 3.32. The van der Waals surface area contributed by atoms with Crippen molar-refractivity contribution in [2.24, 2.45) is 0 Å². The first-order chi connectivity index (χ1) is 18.1. The molecule has 2 heterocycles. The molecule has 1 fully saturated rings. The van der Waals surface area contributed by atoms with E-state index in [0.29, 0.717) is 55.0 Å². The molecule has 1 amide bonds. The van der Waals surface area contributed by atoms with E-state index in [1.807, 2.05) is 38.1 Å². The zero-order valence-electron chi connectivity index (χ0n) is 21.4. The zero-order chi connectivity index (χ0) is 27.3. The molecule has 1 aliphatic heterocycles. The molecule has 202 valence electrons. The molecule has 1 saturated heterocycles. The second-order valence-electron chi connectivity index (χ2n) is 9.13. The van der Waals surface area contributed by atoms with E-state index >= 15 is 0 Å². The highest BCUT2D eigenvalue weighted by molar-refractivity contribution is 5.94. The maximum Gasteiger partial charge on any atom is 0.573 e. The lowest BCUT2D eigenvalue weighted by atomic mass is 10.0. The molecule has 1 aliphatic rings. The summed E-state index contributed by atoms with van der Waals surface area (Å²) in [6.45, 7) is 8.60. The van der Waals surface area contributed by atoms with Crippen molar-refractivity contribution in [2.75, 3.05) is 44.2 Å². The van der Waals surface area contributed by atoms with Crippen LogP contribution >= 0.6 is 0 Å². The van der Waals surface area contributed by atoms with Crippen LogP contribution in [-0.4, -0.2) is 71.4 Å². The predicted octanol–water partition coefficient (Wildman–Crippen LogP) is 5.16. The van der Waals surface area contributed by atoms with E-state index in [0.717, 1.165) is 18.8 Å². The number of rotatable bonds is 8. The van der Waals surface area contributed by atoms with Crippen LogP contribution in [0.15, 0.2) is 60.9 Å². The number of aromatic hydroxyl groups is 1. The van der Waals surface area contributed by atoms with Crippen molar-refractivity contribution in [2.45, 2.75) is 26.8 Å². The number of hydrogen-bond acceptors (Lipinski definition) is 6. The first kappa shape index (κ1) is 27.3. The van der Waals surface area contributed by atoms with Crippen molar-refractivity contribution in [1.82, 2.24) is 14.8 Å². The van der Waals surface area contributed by atoms with Gasteiger partial charge in [-0.15, -0.1) is 13.2 Å². The molecular formula is C28H31F3N4O3. The normalized spacial score (nSPS) is 14.4. The Morgan fingerprint density at radius 3 is 2.26 bits per heavy atom. The molecular weight excluding hydrogens is 497 g/mol. The monoisotopic (exact) mass is 528 g/mol. The van der Waals surface area contributed by atoms with E-state index < -0.39 is 6.36 Å². The Balaban J connectivity index is 1.43. The van der Waals surface area contributed by atoms with E-state index in [1.54, 1.807) is 11.0 Å². The molecule has 38 heavy (non-hydrogen) atoms. The highest BCUT2D eigenvalue weighted by atomic mass is 19.4. The van der Waals surface area contributed by atoms with Gasteiger partial charge in [-0.3, -0.25) is 14.7 Å². The minimum Gasteiger partial charge on any atom is -0.506 e. The molecule has 0 atom stereocenters. The first-order valence-corrected chi connectivity index (χ1v) is 12.6. The van der Waals surface area contributed by atoms with E-state index in [-0.39, 0.29) is 17.4 Å². The molecule has 1 N–H and O–H groups in total. The molecule has 0 saturated carbocycles. The summed E-state index contributed by atoms with van der Waals surface area (Å²) in [6.07, 6.45) is -2.07. The van der Waals surface area contributed by atoms with Gasteiger partial charge in [-0.25, -0.2) is 0 Å². The number of hydrogen-bond donors (Lipinski definition) is 1. The molecule has 0 aliphatic carbocycles. The third-order valence-corrected chi connectivity index (χ3v) is 6.57. The maximum atomic E-state index is 13.0. The number of alkyl halides is 3. The fraction of sp³-hybridized carbons (Fsp3) is 0.357. The molecule has 2 aromatic carbocycles. The molecule has 0 spiro atoms. The van der Waals surface area contributed by atoms with Crippen molar-refractivity contribution >= 4 is 11.6 Å². The molecule has 4 rings (SSSR count). The number of halogens is 3. The average Bonchev–Trinajstić information content (AvgIpc) is 2.89. The van der Waals surface area contributed by atoms with Gasteiger partial charge in [0.1, 0.15) is 11.5 Å². The number of benzene rings is 2. The second-order valence-corrected chi connectivity index (χ2v) is 9.13. The topological polar surface area (TPSA) is 69.1 Å². The summed E-state index contributed by atoms with van der Waals surface area (Å²) in [6, 6.07) is 13.5. The van der Waals surface area contributed by atoms with Crippen LogP contribution in [0, 0.1) is 0 Å². The van der Waals surface area contributed by atoms with Gasteiger partial charge in [0, 0.05) is 68.8 Å². The highest BCUT2D eigenvalue weighted by Crippen LogP contribution is 2.31. The fourth-order valence-electron chi connectivity index (χ4n) is 4.63. The second kappa shape index (κ2) is 11.7. The molecule has 0 bridgehead atoms.